The van der Waals surface area contributed by atoms with Gasteiger partial charge in [0, 0.05) is 24.6 Å². The van der Waals surface area contributed by atoms with Crippen LogP contribution in [-0.4, -0.2) is 43.8 Å². The van der Waals surface area contributed by atoms with Crippen molar-refractivity contribution in [1.29, 1.82) is 10.5 Å². The first kappa shape index (κ1) is 25.5. The maximum atomic E-state index is 12.0. The molecule has 1 aromatic heterocycles. The molecule has 0 bridgehead atoms. The molecule has 7 nitrogen and oxygen atoms in total. The fraction of sp³-hybridized carbons (Fsp3) is 0.217. The van der Waals surface area contributed by atoms with Gasteiger partial charge in [0.1, 0.15) is 40.9 Å². The van der Waals surface area contributed by atoms with E-state index < -0.39 is 6.61 Å². The molecule has 0 radical (unpaired) electrons. The summed E-state index contributed by atoms with van der Waals surface area (Å²) in [5.74, 6) is 0.884. The molecule has 0 fully saturated rings. The molecule has 0 spiro atoms. The molecule has 0 aliphatic rings. The molecule has 0 aliphatic heterocycles. The van der Waals surface area contributed by atoms with Crippen LogP contribution >= 0.6 is 11.8 Å². The first-order valence-corrected chi connectivity index (χ1v) is 10.6. The van der Waals surface area contributed by atoms with Crippen molar-refractivity contribution in [2.24, 2.45) is 4.99 Å². The summed E-state index contributed by atoms with van der Waals surface area (Å²) in [6, 6.07) is 10.7. The van der Waals surface area contributed by atoms with E-state index in [1.807, 2.05) is 6.07 Å². The number of pyridine rings is 1. The number of alkyl halides is 2. The molecular formula is C23H21F2N5O2S. The van der Waals surface area contributed by atoms with Crippen molar-refractivity contribution in [3.05, 3.63) is 59.7 Å². The summed E-state index contributed by atoms with van der Waals surface area (Å²) in [6.45, 7) is 0.788. The molecule has 1 aromatic carbocycles. The zero-order valence-electron chi connectivity index (χ0n) is 17.8. The number of nitrogens with two attached hydrogens (primary N) is 1. The number of thioether (sulfide) groups is 1. The number of nitrogens with zero attached hydrogens (tertiary/aromatic N) is 4. The number of hydrogen-bond donors (Lipinski definition) is 1. The quantitative estimate of drug-likeness (QED) is 0.221. The molecule has 1 heterocycles. The van der Waals surface area contributed by atoms with E-state index in [-0.39, 0.29) is 30.2 Å². The van der Waals surface area contributed by atoms with Crippen LogP contribution in [0.2, 0.25) is 0 Å². The molecule has 2 aromatic rings. The van der Waals surface area contributed by atoms with E-state index in [0.29, 0.717) is 27.7 Å². The number of allylic oxidation sites excluding steroid dienone is 2. The topological polar surface area (TPSA) is 117 Å². The number of hydrogen-bond acceptors (Lipinski definition) is 8. The first-order chi connectivity index (χ1) is 15.9. The zero-order valence-corrected chi connectivity index (χ0v) is 18.6. The highest BCUT2D eigenvalue weighted by atomic mass is 32.2. The molecule has 2 N–H and O–H groups in total. The lowest BCUT2D eigenvalue weighted by molar-refractivity contribution is -0.133. The molecule has 0 amide bonds. The van der Waals surface area contributed by atoms with Gasteiger partial charge in [-0.3, -0.25) is 4.99 Å². The lowest BCUT2D eigenvalue weighted by atomic mass is 9.97. The van der Waals surface area contributed by atoms with Gasteiger partial charge in [0.05, 0.1) is 12.2 Å². The van der Waals surface area contributed by atoms with Crippen LogP contribution < -0.4 is 10.5 Å². The molecule has 0 aliphatic carbocycles. The molecule has 33 heavy (non-hydrogen) atoms. The lowest BCUT2D eigenvalue weighted by Crippen LogP contribution is -2.09. The molecule has 2 rings (SSSR count). The maximum absolute atomic E-state index is 12.0. The molecule has 0 unspecified atom stereocenters. The van der Waals surface area contributed by atoms with Crippen LogP contribution in [0.4, 0.5) is 14.6 Å². The predicted molar refractivity (Wildman–Crippen MR) is 124 cm³/mol. The van der Waals surface area contributed by atoms with Gasteiger partial charge in [-0.25, -0.2) is 4.98 Å². The Labute approximate surface area is 194 Å². The first-order valence-electron chi connectivity index (χ1n) is 9.57. The highest BCUT2D eigenvalue weighted by Gasteiger charge is 2.20. The van der Waals surface area contributed by atoms with Crippen LogP contribution in [0.15, 0.2) is 58.6 Å². The van der Waals surface area contributed by atoms with Crippen molar-refractivity contribution in [3.63, 3.8) is 0 Å². The minimum absolute atomic E-state index is 0.0118. The summed E-state index contributed by atoms with van der Waals surface area (Å²) in [5.41, 5.74) is 8.04. The van der Waals surface area contributed by atoms with Gasteiger partial charge in [-0.05, 0) is 29.3 Å². The Morgan fingerprint density at radius 2 is 1.94 bits per heavy atom. The van der Waals surface area contributed by atoms with Gasteiger partial charge in [-0.2, -0.15) is 19.3 Å². The van der Waals surface area contributed by atoms with Gasteiger partial charge in [-0.1, -0.05) is 24.8 Å². The number of ether oxygens (including phenoxy) is 2. The summed E-state index contributed by atoms with van der Waals surface area (Å²) >= 11 is 1.28. The second-order valence-corrected chi connectivity index (χ2v) is 7.33. The maximum Gasteiger partial charge on any atom is 0.345 e. The minimum atomic E-state index is -2.85. The van der Waals surface area contributed by atoms with Crippen molar-refractivity contribution in [1.82, 2.24) is 4.98 Å². The van der Waals surface area contributed by atoms with E-state index in [9.17, 15) is 19.3 Å². The van der Waals surface area contributed by atoms with Crippen LogP contribution in [-0.2, 0) is 4.74 Å². The molecular weight excluding hydrogens is 448 g/mol. The normalized spacial score (nSPS) is 11.1. The average Bonchev–Trinajstić information content (AvgIpc) is 2.80. The van der Waals surface area contributed by atoms with Crippen molar-refractivity contribution >= 4 is 23.8 Å². The number of nitriles is 2. The Bertz CT molecular complexity index is 1120. The fourth-order valence-electron chi connectivity index (χ4n) is 2.68. The molecule has 0 saturated carbocycles. The van der Waals surface area contributed by atoms with Crippen LogP contribution in [0.5, 0.6) is 5.75 Å². The van der Waals surface area contributed by atoms with Gasteiger partial charge in [-0.15, -0.1) is 11.8 Å². The lowest BCUT2D eigenvalue weighted by Gasteiger charge is -2.14. The zero-order chi connectivity index (χ0) is 24.2. The van der Waals surface area contributed by atoms with Crippen LogP contribution in [0.3, 0.4) is 0 Å². The monoisotopic (exact) mass is 469 g/mol. The molecule has 0 atom stereocenters. The second-order valence-electron chi connectivity index (χ2n) is 6.37. The summed E-state index contributed by atoms with van der Waals surface area (Å²) in [4.78, 5) is 8.11. The highest BCUT2D eigenvalue weighted by molar-refractivity contribution is 7.99. The number of aromatic nitrogens is 1. The summed E-state index contributed by atoms with van der Waals surface area (Å²) in [5, 5.41) is 19.9. The summed E-state index contributed by atoms with van der Waals surface area (Å²) < 4.78 is 33.5. The number of benzene rings is 1. The van der Waals surface area contributed by atoms with E-state index in [4.69, 9.17) is 10.5 Å². The van der Waals surface area contributed by atoms with Crippen molar-refractivity contribution in [3.8, 4) is 29.0 Å². The van der Waals surface area contributed by atoms with E-state index in [0.717, 1.165) is 5.57 Å². The van der Waals surface area contributed by atoms with Gasteiger partial charge in [0.25, 0.3) is 0 Å². The Balaban J connectivity index is 2.31. The van der Waals surface area contributed by atoms with Crippen molar-refractivity contribution in [2.45, 2.75) is 11.6 Å². The summed E-state index contributed by atoms with van der Waals surface area (Å²) in [6.07, 6.45) is 5.18. The van der Waals surface area contributed by atoms with E-state index >= 15 is 0 Å². The van der Waals surface area contributed by atoms with Gasteiger partial charge in [0.15, 0.2) is 0 Å². The third-order valence-corrected chi connectivity index (χ3v) is 5.20. The third-order valence-electron chi connectivity index (χ3n) is 4.12. The van der Waals surface area contributed by atoms with Crippen LogP contribution in [0, 0.1) is 22.7 Å². The Hall–Kier alpha value is -3.73. The second kappa shape index (κ2) is 13.0. The van der Waals surface area contributed by atoms with Gasteiger partial charge in [0.2, 0.25) is 0 Å². The summed E-state index contributed by atoms with van der Waals surface area (Å²) in [7, 11) is 1.66. The van der Waals surface area contributed by atoms with E-state index in [1.165, 1.54) is 11.8 Å². The largest absolute Gasteiger partial charge is 0.491 e. The van der Waals surface area contributed by atoms with Crippen molar-refractivity contribution < 1.29 is 18.3 Å². The number of anilines is 1. The van der Waals surface area contributed by atoms with Gasteiger partial charge < -0.3 is 15.2 Å². The standard InChI is InChI=1S/C23H21F2N5O2S/c1-15(4-3-9-29-2)14-33-22-19(13-27)20(18(12-26)21(28)30-22)16-5-7-17(8-6-16)31-10-11-32-23(24)25/h3-9,23H,1,10-11,14H2,2H3,(H2,28,30)/b4-3-,29-9?. The Morgan fingerprint density at radius 1 is 1.24 bits per heavy atom. The third kappa shape index (κ3) is 7.42. The highest BCUT2D eigenvalue weighted by Crippen LogP contribution is 2.36. The average molecular weight is 470 g/mol. The molecule has 0 saturated heterocycles. The van der Waals surface area contributed by atoms with Crippen LogP contribution in [0.1, 0.15) is 11.1 Å². The Kier molecular flexibility index (Phi) is 10.0. The fourth-order valence-corrected chi connectivity index (χ4v) is 3.55. The smallest absolute Gasteiger partial charge is 0.345 e. The number of nitrogen functional groups attached to an aromatic ring is 1. The number of rotatable bonds is 11. The van der Waals surface area contributed by atoms with E-state index in [1.54, 1.807) is 49.7 Å². The Morgan fingerprint density at radius 3 is 2.55 bits per heavy atom. The van der Waals surface area contributed by atoms with Crippen molar-refractivity contribution in [2.75, 3.05) is 31.7 Å². The van der Waals surface area contributed by atoms with E-state index in [2.05, 4.69) is 27.4 Å². The molecule has 10 heteroatoms. The number of aliphatic imine (C=N–C) groups is 1. The van der Waals surface area contributed by atoms with Crippen LogP contribution in [0.25, 0.3) is 11.1 Å². The predicted octanol–water partition coefficient (Wildman–Crippen LogP) is 4.60. The van der Waals surface area contributed by atoms with Gasteiger partial charge >= 0.3 is 6.61 Å². The minimum Gasteiger partial charge on any atom is -0.491 e. The molecule has 170 valence electrons. The SMILES string of the molecule is C=C(/C=C\C=NC)CSc1nc(N)c(C#N)c(-c2ccc(OCCOC(F)F)cc2)c1C#N. The number of halogens is 2.